The highest BCUT2D eigenvalue weighted by Crippen LogP contribution is 2.18. The van der Waals surface area contributed by atoms with Crippen LogP contribution in [0.25, 0.3) is 0 Å². The van der Waals surface area contributed by atoms with Gasteiger partial charge in [-0.2, -0.15) is 0 Å². The van der Waals surface area contributed by atoms with E-state index in [1.807, 2.05) is 26.0 Å². The average Bonchev–Trinajstić information content (AvgIpc) is 2.32. The first-order valence-electron chi connectivity index (χ1n) is 5.68. The molecule has 4 heteroatoms. The Bertz CT molecular complexity index is 570. The van der Waals surface area contributed by atoms with Crippen LogP contribution in [0.1, 0.15) is 17.0 Å². The van der Waals surface area contributed by atoms with Gasteiger partial charge in [-0.1, -0.05) is 17.7 Å². The zero-order chi connectivity index (χ0) is 13.1. The van der Waals surface area contributed by atoms with Gasteiger partial charge in [0.1, 0.15) is 5.82 Å². The molecule has 0 saturated heterocycles. The van der Waals surface area contributed by atoms with Crippen LogP contribution in [0, 0.1) is 19.7 Å². The van der Waals surface area contributed by atoms with Crippen molar-refractivity contribution in [3.63, 3.8) is 0 Å². The molecule has 2 rings (SSSR count). The van der Waals surface area contributed by atoms with E-state index in [4.69, 9.17) is 11.6 Å². The van der Waals surface area contributed by atoms with Gasteiger partial charge in [-0.25, -0.2) is 4.39 Å². The van der Waals surface area contributed by atoms with Crippen LogP contribution < -0.4 is 5.32 Å². The average molecular weight is 265 g/mol. The van der Waals surface area contributed by atoms with Crippen molar-refractivity contribution in [2.24, 2.45) is 0 Å². The predicted octanol–water partition coefficient (Wildman–Crippen LogP) is 4.10. The van der Waals surface area contributed by atoms with Gasteiger partial charge in [0.2, 0.25) is 0 Å². The largest absolute Gasteiger partial charge is 0.380 e. The van der Waals surface area contributed by atoms with Crippen LogP contribution in [0.5, 0.6) is 0 Å². The van der Waals surface area contributed by atoms with E-state index in [0.29, 0.717) is 6.54 Å². The third-order valence-corrected chi connectivity index (χ3v) is 3.00. The van der Waals surface area contributed by atoms with E-state index in [-0.39, 0.29) is 5.02 Å². The normalized spacial score (nSPS) is 10.4. The summed E-state index contributed by atoms with van der Waals surface area (Å²) in [7, 11) is 0. The molecule has 0 unspecified atom stereocenters. The highest BCUT2D eigenvalue weighted by molar-refractivity contribution is 6.30. The summed E-state index contributed by atoms with van der Waals surface area (Å²) in [6, 6.07) is 8.72. The fraction of sp³-hybridized carbons (Fsp3) is 0.214. The highest BCUT2D eigenvalue weighted by atomic mass is 35.5. The maximum Gasteiger partial charge on any atom is 0.142 e. The van der Waals surface area contributed by atoms with Gasteiger partial charge in [0.15, 0.2) is 0 Å². The molecular formula is C14H14ClFN2. The molecule has 2 nitrogen and oxygen atoms in total. The number of rotatable bonds is 3. The molecule has 0 amide bonds. The van der Waals surface area contributed by atoms with Crippen molar-refractivity contribution < 1.29 is 4.39 Å². The lowest BCUT2D eigenvalue weighted by atomic mass is 10.2. The molecular weight excluding hydrogens is 251 g/mol. The first-order valence-corrected chi connectivity index (χ1v) is 6.06. The van der Waals surface area contributed by atoms with Crippen molar-refractivity contribution in [2.75, 3.05) is 5.32 Å². The summed E-state index contributed by atoms with van der Waals surface area (Å²) in [5.41, 5.74) is 3.72. The predicted molar refractivity (Wildman–Crippen MR) is 72.4 cm³/mol. The van der Waals surface area contributed by atoms with E-state index in [2.05, 4.69) is 10.3 Å². The van der Waals surface area contributed by atoms with E-state index in [9.17, 15) is 4.39 Å². The summed E-state index contributed by atoms with van der Waals surface area (Å²) in [5.74, 6) is -0.394. The van der Waals surface area contributed by atoms with E-state index < -0.39 is 5.82 Å². The Morgan fingerprint density at radius 2 is 2.00 bits per heavy atom. The van der Waals surface area contributed by atoms with Gasteiger partial charge in [0, 0.05) is 12.2 Å². The van der Waals surface area contributed by atoms with Gasteiger partial charge in [-0.15, -0.1) is 0 Å². The summed E-state index contributed by atoms with van der Waals surface area (Å²) >= 11 is 5.64. The smallest absolute Gasteiger partial charge is 0.142 e. The van der Waals surface area contributed by atoms with E-state index >= 15 is 0 Å². The molecule has 0 saturated carbocycles. The number of pyridine rings is 1. The number of aromatic nitrogens is 1. The number of benzene rings is 1. The van der Waals surface area contributed by atoms with Crippen molar-refractivity contribution in [1.29, 1.82) is 0 Å². The molecule has 0 aliphatic rings. The van der Waals surface area contributed by atoms with Crippen LogP contribution in [0.4, 0.5) is 10.1 Å². The Morgan fingerprint density at radius 3 is 2.67 bits per heavy atom. The third kappa shape index (κ3) is 2.99. The summed E-state index contributed by atoms with van der Waals surface area (Å²) in [6.45, 7) is 4.43. The lowest BCUT2D eigenvalue weighted by Crippen LogP contribution is -2.03. The van der Waals surface area contributed by atoms with Crippen LogP contribution in [0.3, 0.4) is 0 Å². The van der Waals surface area contributed by atoms with E-state index in [1.165, 1.54) is 6.07 Å². The molecule has 18 heavy (non-hydrogen) atoms. The van der Waals surface area contributed by atoms with Crippen LogP contribution in [-0.2, 0) is 6.54 Å². The molecule has 0 atom stereocenters. The number of hydrogen-bond acceptors (Lipinski definition) is 2. The molecule has 1 heterocycles. The molecule has 0 aliphatic heterocycles. The zero-order valence-corrected chi connectivity index (χ0v) is 11.1. The maximum atomic E-state index is 13.3. The number of nitrogens with zero attached hydrogens (tertiary/aromatic N) is 1. The fourth-order valence-corrected chi connectivity index (χ4v) is 1.84. The van der Waals surface area contributed by atoms with Gasteiger partial charge in [0.25, 0.3) is 0 Å². The van der Waals surface area contributed by atoms with E-state index in [1.54, 1.807) is 12.1 Å². The second kappa shape index (κ2) is 5.36. The highest BCUT2D eigenvalue weighted by Gasteiger charge is 2.03. The Balaban J connectivity index is 2.09. The molecule has 1 N–H and O–H groups in total. The number of aryl methyl sites for hydroxylation is 2. The Labute approximate surface area is 111 Å². The quantitative estimate of drug-likeness (QED) is 0.903. The summed E-state index contributed by atoms with van der Waals surface area (Å²) in [5, 5.41) is 3.38. The Kier molecular flexibility index (Phi) is 3.82. The van der Waals surface area contributed by atoms with Gasteiger partial charge in [-0.05, 0) is 43.7 Å². The second-order valence-corrected chi connectivity index (χ2v) is 4.59. The lowest BCUT2D eigenvalue weighted by molar-refractivity contribution is 0.626. The standard InChI is InChI=1S/C14H14ClFN2/c1-9-3-6-14(10(2)18-9)17-8-11-4-5-12(15)13(16)7-11/h3-7,17H,8H2,1-2H3. The minimum atomic E-state index is -0.394. The van der Waals surface area contributed by atoms with Gasteiger partial charge in [0.05, 0.1) is 16.4 Å². The van der Waals surface area contributed by atoms with Gasteiger partial charge >= 0.3 is 0 Å². The van der Waals surface area contributed by atoms with Crippen molar-refractivity contribution in [2.45, 2.75) is 20.4 Å². The van der Waals surface area contributed by atoms with Crippen molar-refractivity contribution >= 4 is 17.3 Å². The molecule has 0 spiro atoms. The summed E-state index contributed by atoms with van der Waals surface area (Å²) in [4.78, 5) is 4.36. The van der Waals surface area contributed by atoms with Crippen LogP contribution in [0.2, 0.25) is 5.02 Å². The Hall–Kier alpha value is -1.61. The van der Waals surface area contributed by atoms with Crippen LogP contribution in [0.15, 0.2) is 30.3 Å². The van der Waals surface area contributed by atoms with Crippen molar-refractivity contribution in [1.82, 2.24) is 4.98 Å². The molecule has 0 aliphatic carbocycles. The molecule has 2 aromatic rings. The number of halogens is 2. The molecule has 1 aromatic carbocycles. The SMILES string of the molecule is Cc1ccc(NCc2ccc(Cl)c(F)c2)c(C)n1. The number of anilines is 1. The molecule has 94 valence electrons. The zero-order valence-electron chi connectivity index (χ0n) is 10.3. The van der Waals surface area contributed by atoms with Crippen LogP contribution in [-0.4, -0.2) is 4.98 Å². The van der Waals surface area contributed by atoms with Gasteiger partial charge in [-0.3, -0.25) is 4.98 Å². The monoisotopic (exact) mass is 264 g/mol. The molecule has 1 aromatic heterocycles. The Morgan fingerprint density at radius 1 is 1.22 bits per heavy atom. The van der Waals surface area contributed by atoms with Crippen LogP contribution >= 0.6 is 11.6 Å². The molecule has 0 bridgehead atoms. The van der Waals surface area contributed by atoms with Crippen molar-refractivity contribution in [3.05, 3.63) is 58.1 Å². The molecule has 0 fully saturated rings. The second-order valence-electron chi connectivity index (χ2n) is 4.19. The fourth-order valence-electron chi connectivity index (χ4n) is 1.72. The molecule has 0 radical (unpaired) electrons. The minimum Gasteiger partial charge on any atom is -0.380 e. The minimum absolute atomic E-state index is 0.145. The van der Waals surface area contributed by atoms with Crippen molar-refractivity contribution in [3.8, 4) is 0 Å². The summed E-state index contributed by atoms with van der Waals surface area (Å²) < 4.78 is 13.3. The maximum absolute atomic E-state index is 13.3. The first-order chi connectivity index (χ1) is 8.56. The van der Waals surface area contributed by atoms with E-state index in [0.717, 1.165) is 22.6 Å². The first kappa shape index (κ1) is 12.8. The topological polar surface area (TPSA) is 24.9 Å². The van der Waals surface area contributed by atoms with Gasteiger partial charge < -0.3 is 5.32 Å². The lowest BCUT2D eigenvalue weighted by Gasteiger charge is -2.09. The summed E-state index contributed by atoms with van der Waals surface area (Å²) in [6.07, 6.45) is 0. The number of hydrogen-bond donors (Lipinski definition) is 1. The third-order valence-electron chi connectivity index (χ3n) is 2.69. The number of nitrogens with one attached hydrogen (secondary N) is 1.